The van der Waals surface area contributed by atoms with Crippen molar-refractivity contribution in [3.8, 4) is 11.1 Å². The van der Waals surface area contributed by atoms with Gasteiger partial charge in [-0.1, -0.05) is 66.7 Å². The third-order valence-corrected chi connectivity index (χ3v) is 5.85. The van der Waals surface area contributed by atoms with Crippen LogP contribution in [0, 0.1) is 0 Å². The number of alkyl carbamates (subject to hydrolysis) is 1. The standard InChI is InChI=1S/C26H25NO6/c1-32-25(30)21-13-7-6-12-20(21)24(29)23(28)14-27-26(31)33-15-22-18-10-4-2-8-16(18)17-9-3-5-11-19(17)22/h2-13,22-24,28-29H,14-15H2,1H3,(H,27,31). The van der Waals surface area contributed by atoms with E-state index in [1.807, 2.05) is 36.4 Å². The van der Waals surface area contributed by atoms with Crippen LogP contribution in [0.4, 0.5) is 4.79 Å². The number of aliphatic hydroxyl groups excluding tert-OH is 2. The second-order valence-electron chi connectivity index (χ2n) is 7.80. The van der Waals surface area contributed by atoms with Gasteiger partial charge in [-0.3, -0.25) is 0 Å². The van der Waals surface area contributed by atoms with Gasteiger partial charge < -0.3 is 25.0 Å². The van der Waals surface area contributed by atoms with E-state index in [1.54, 1.807) is 12.1 Å². The van der Waals surface area contributed by atoms with E-state index >= 15 is 0 Å². The summed E-state index contributed by atoms with van der Waals surface area (Å²) in [5.41, 5.74) is 4.82. The van der Waals surface area contributed by atoms with Crippen molar-refractivity contribution in [2.24, 2.45) is 0 Å². The Balaban J connectivity index is 1.36. The van der Waals surface area contributed by atoms with Crippen molar-refractivity contribution in [2.75, 3.05) is 20.3 Å². The van der Waals surface area contributed by atoms with Crippen LogP contribution in [0.15, 0.2) is 72.8 Å². The molecule has 3 aromatic rings. The lowest BCUT2D eigenvalue weighted by molar-refractivity contribution is 0.0172. The average Bonchev–Trinajstić information content (AvgIpc) is 3.18. The number of nitrogens with one attached hydrogen (secondary N) is 1. The van der Waals surface area contributed by atoms with Gasteiger partial charge in [-0.25, -0.2) is 9.59 Å². The molecule has 1 aliphatic rings. The first-order chi connectivity index (χ1) is 16.0. The summed E-state index contributed by atoms with van der Waals surface area (Å²) in [7, 11) is 1.24. The number of esters is 1. The molecule has 7 nitrogen and oxygen atoms in total. The minimum absolute atomic E-state index is 0.0782. The van der Waals surface area contributed by atoms with E-state index in [2.05, 4.69) is 17.4 Å². The van der Waals surface area contributed by atoms with Crippen molar-refractivity contribution < 1.29 is 29.3 Å². The fourth-order valence-electron chi connectivity index (χ4n) is 4.21. The van der Waals surface area contributed by atoms with Crippen LogP contribution >= 0.6 is 0 Å². The summed E-state index contributed by atoms with van der Waals surface area (Å²) < 4.78 is 10.2. The number of rotatable bonds is 7. The highest BCUT2D eigenvalue weighted by Crippen LogP contribution is 2.44. The predicted octanol–water partition coefficient (Wildman–Crippen LogP) is 3.41. The second kappa shape index (κ2) is 9.85. The molecule has 0 bridgehead atoms. The lowest BCUT2D eigenvalue weighted by Crippen LogP contribution is -2.36. The summed E-state index contributed by atoms with van der Waals surface area (Å²) in [5, 5.41) is 23.3. The largest absolute Gasteiger partial charge is 0.465 e. The highest BCUT2D eigenvalue weighted by molar-refractivity contribution is 5.91. The number of amides is 1. The van der Waals surface area contributed by atoms with Crippen molar-refractivity contribution in [1.29, 1.82) is 0 Å². The Morgan fingerprint density at radius 2 is 1.48 bits per heavy atom. The average molecular weight is 447 g/mol. The first-order valence-electron chi connectivity index (χ1n) is 10.6. The van der Waals surface area contributed by atoms with Gasteiger partial charge in [0.2, 0.25) is 0 Å². The zero-order chi connectivity index (χ0) is 23.4. The smallest absolute Gasteiger partial charge is 0.407 e. The number of fused-ring (bicyclic) bond motifs is 3. The topological polar surface area (TPSA) is 105 Å². The Hall–Kier alpha value is -3.68. The Kier molecular flexibility index (Phi) is 6.72. The molecular formula is C26H25NO6. The first-order valence-corrected chi connectivity index (χ1v) is 10.6. The highest BCUT2D eigenvalue weighted by atomic mass is 16.5. The number of carbonyl (C=O) groups excluding carboxylic acids is 2. The maximum atomic E-state index is 12.3. The monoisotopic (exact) mass is 447 g/mol. The second-order valence-corrected chi connectivity index (χ2v) is 7.80. The summed E-state index contributed by atoms with van der Waals surface area (Å²) in [4.78, 5) is 24.2. The van der Waals surface area contributed by atoms with Crippen molar-refractivity contribution >= 4 is 12.1 Å². The Labute approximate surface area is 191 Å². The molecule has 2 atom stereocenters. The number of methoxy groups -OCH3 is 1. The molecule has 0 fully saturated rings. The van der Waals surface area contributed by atoms with Gasteiger partial charge in [-0.05, 0) is 33.9 Å². The zero-order valence-corrected chi connectivity index (χ0v) is 18.1. The number of carbonyl (C=O) groups is 2. The number of aliphatic hydroxyl groups is 2. The summed E-state index contributed by atoms with van der Waals surface area (Å²) in [6.07, 6.45) is -3.45. The van der Waals surface area contributed by atoms with Crippen LogP contribution in [0.2, 0.25) is 0 Å². The van der Waals surface area contributed by atoms with Gasteiger partial charge in [0.1, 0.15) is 18.8 Å². The fraction of sp³-hybridized carbons (Fsp3) is 0.231. The first kappa shape index (κ1) is 22.5. The van der Waals surface area contributed by atoms with Gasteiger partial charge in [-0.2, -0.15) is 0 Å². The van der Waals surface area contributed by atoms with Gasteiger partial charge in [0.15, 0.2) is 0 Å². The molecule has 0 aliphatic heterocycles. The van der Waals surface area contributed by atoms with Crippen LogP contribution in [0.1, 0.15) is 39.1 Å². The van der Waals surface area contributed by atoms with E-state index in [9.17, 15) is 19.8 Å². The van der Waals surface area contributed by atoms with Gasteiger partial charge in [-0.15, -0.1) is 0 Å². The van der Waals surface area contributed by atoms with Gasteiger partial charge >= 0.3 is 12.1 Å². The Morgan fingerprint density at radius 1 is 0.909 bits per heavy atom. The predicted molar refractivity (Wildman–Crippen MR) is 122 cm³/mol. The number of ether oxygens (including phenoxy) is 2. The molecule has 0 saturated carbocycles. The maximum absolute atomic E-state index is 12.3. The Morgan fingerprint density at radius 3 is 2.12 bits per heavy atom. The normalized spacial score (nSPS) is 14.0. The van der Waals surface area contributed by atoms with Crippen molar-refractivity contribution in [3.63, 3.8) is 0 Å². The van der Waals surface area contributed by atoms with E-state index < -0.39 is 24.3 Å². The van der Waals surface area contributed by atoms with Crippen LogP contribution in [0.3, 0.4) is 0 Å². The van der Waals surface area contributed by atoms with Gasteiger partial charge in [0.05, 0.1) is 12.7 Å². The number of hydrogen-bond donors (Lipinski definition) is 3. The van der Waals surface area contributed by atoms with Crippen LogP contribution in [-0.4, -0.2) is 48.6 Å². The van der Waals surface area contributed by atoms with Gasteiger partial charge in [0, 0.05) is 12.5 Å². The third-order valence-electron chi connectivity index (χ3n) is 5.85. The lowest BCUT2D eigenvalue weighted by Gasteiger charge is -2.21. The molecule has 0 saturated heterocycles. The van der Waals surface area contributed by atoms with Crippen LogP contribution < -0.4 is 5.32 Å². The van der Waals surface area contributed by atoms with Crippen molar-refractivity contribution in [2.45, 2.75) is 18.1 Å². The SMILES string of the molecule is COC(=O)c1ccccc1C(O)C(O)CNC(=O)OCC1c2ccccc2-c2ccccc21. The molecule has 33 heavy (non-hydrogen) atoms. The summed E-state index contributed by atoms with van der Waals surface area (Å²) >= 11 is 0. The van der Waals surface area contributed by atoms with Gasteiger partial charge in [0.25, 0.3) is 0 Å². The molecule has 4 rings (SSSR count). The summed E-state index contributed by atoms with van der Waals surface area (Å²) in [5.74, 6) is -0.702. The minimum atomic E-state index is -1.39. The molecule has 0 aromatic heterocycles. The summed E-state index contributed by atoms with van der Waals surface area (Å²) in [6.45, 7) is -0.114. The van der Waals surface area contributed by atoms with Crippen molar-refractivity contribution in [1.82, 2.24) is 5.32 Å². The molecule has 1 aliphatic carbocycles. The van der Waals surface area contributed by atoms with E-state index in [-0.39, 0.29) is 30.2 Å². The number of hydrogen-bond acceptors (Lipinski definition) is 6. The molecule has 1 amide bonds. The molecule has 0 heterocycles. The maximum Gasteiger partial charge on any atom is 0.407 e. The molecule has 2 unspecified atom stereocenters. The third kappa shape index (κ3) is 4.60. The molecule has 3 N–H and O–H groups in total. The molecule has 170 valence electrons. The highest BCUT2D eigenvalue weighted by Gasteiger charge is 2.29. The van der Waals surface area contributed by atoms with E-state index in [4.69, 9.17) is 9.47 Å². The minimum Gasteiger partial charge on any atom is -0.465 e. The van der Waals surface area contributed by atoms with Crippen LogP contribution in [-0.2, 0) is 9.47 Å². The zero-order valence-electron chi connectivity index (χ0n) is 18.1. The molecule has 3 aromatic carbocycles. The fourth-order valence-corrected chi connectivity index (χ4v) is 4.21. The summed E-state index contributed by atoms with van der Waals surface area (Å²) in [6, 6.07) is 22.3. The van der Waals surface area contributed by atoms with E-state index in [1.165, 1.54) is 19.2 Å². The molecular weight excluding hydrogens is 422 g/mol. The lowest BCUT2D eigenvalue weighted by atomic mass is 9.98. The van der Waals surface area contributed by atoms with Crippen LogP contribution in [0.25, 0.3) is 11.1 Å². The van der Waals surface area contributed by atoms with Crippen LogP contribution in [0.5, 0.6) is 0 Å². The van der Waals surface area contributed by atoms with Crippen molar-refractivity contribution in [3.05, 3.63) is 95.1 Å². The van der Waals surface area contributed by atoms with E-state index in [0.717, 1.165) is 22.3 Å². The quantitative estimate of drug-likeness (QED) is 0.480. The molecule has 7 heteroatoms. The Bertz CT molecular complexity index is 1120. The molecule has 0 spiro atoms. The molecule has 0 radical (unpaired) electrons. The van der Waals surface area contributed by atoms with E-state index in [0.29, 0.717) is 0 Å². The number of benzene rings is 3.